The molecule has 4 aromatic carbocycles. The van der Waals surface area contributed by atoms with Crippen LogP contribution in [-0.2, 0) is 0 Å². The molecule has 5 aromatic rings. The number of nitrogens with zero attached hydrogens (tertiary/aromatic N) is 1. The van der Waals surface area contributed by atoms with E-state index in [4.69, 9.17) is 9.47 Å². The van der Waals surface area contributed by atoms with Crippen molar-refractivity contribution in [3.63, 3.8) is 0 Å². The van der Waals surface area contributed by atoms with E-state index in [-0.39, 0.29) is 0 Å². The van der Waals surface area contributed by atoms with Gasteiger partial charge in [-0.05, 0) is 47.9 Å². The van der Waals surface area contributed by atoms with E-state index in [0.717, 1.165) is 33.5 Å². The zero-order chi connectivity index (χ0) is 20.2. The monoisotopic (exact) mass is 389 g/mol. The second-order valence-electron chi connectivity index (χ2n) is 6.90. The molecule has 0 aliphatic rings. The lowest BCUT2D eigenvalue weighted by atomic mass is 10.0. The molecule has 0 aliphatic heterocycles. The molecule has 0 saturated heterocycles. The average molecular weight is 389 g/mol. The van der Waals surface area contributed by atoms with Crippen molar-refractivity contribution in [2.75, 3.05) is 0 Å². The maximum absolute atomic E-state index is 6.12. The number of hydrogen-bond donors (Lipinski definition) is 0. The maximum Gasteiger partial charge on any atom is 0.131 e. The summed E-state index contributed by atoms with van der Waals surface area (Å²) in [6.07, 6.45) is 1.83. The second-order valence-corrected chi connectivity index (χ2v) is 6.90. The summed E-state index contributed by atoms with van der Waals surface area (Å²) in [7, 11) is 0. The highest BCUT2D eigenvalue weighted by Crippen LogP contribution is 2.36. The van der Waals surface area contributed by atoms with Crippen molar-refractivity contribution in [1.29, 1.82) is 0 Å². The highest BCUT2D eigenvalue weighted by Gasteiger charge is 2.11. The lowest BCUT2D eigenvalue weighted by Crippen LogP contribution is -1.91. The van der Waals surface area contributed by atoms with Crippen molar-refractivity contribution < 1.29 is 9.47 Å². The molecule has 144 valence electrons. The van der Waals surface area contributed by atoms with Crippen LogP contribution in [0.5, 0.6) is 23.0 Å². The number of aromatic nitrogens is 1. The van der Waals surface area contributed by atoms with Gasteiger partial charge in [0.1, 0.15) is 23.0 Å². The topological polar surface area (TPSA) is 31.4 Å². The average Bonchev–Trinajstić information content (AvgIpc) is 2.80. The Morgan fingerprint density at radius 2 is 1.07 bits per heavy atom. The van der Waals surface area contributed by atoms with Gasteiger partial charge in [0.15, 0.2) is 0 Å². The molecule has 0 atom stereocenters. The Morgan fingerprint density at radius 1 is 0.500 bits per heavy atom. The van der Waals surface area contributed by atoms with Gasteiger partial charge in [-0.15, -0.1) is 0 Å². The molecule has 0 radical (unpaired) electrons. The van der Waals surface area contributed by atoms with E-state index in [9.17, 15) is 0 Å². The molecule has 0 aliphatic carbocycles. The van der Waals surface area contributed by atoms with Crippen molar-refractivity contribution in [2.24, 2.45) is 0 Å². The minimum absolute atomic E-state index is 0.694. The van der Waals surface area contributed by atoms with Gasteiger partial charge < -0.3 is 9.47 Å². The minimum Gasteiger partial charge on any atom is -0.457 e. The third kappa shape index (κ3) is 3.87. The van der Waals surface area contributed by atoms with Crippen LogP contribution in [-0.4, -0.2) is 4.98 Å². The first-order chi connectivity index (χ1) is 14.8. The molecule has 0 fully saturated rings. The fourth-order valence-electron chi connectivity index (χ4n) is 3.43. The Bertz CT molecular complexity index is 1220. The maximum atomic E-state index is 6.12. The number of benzene rings is 4. The fourth-order valence-corrected chi connectivity index (χ4v) is 3.43. The van der Waals surface area contributed by atoms with Crippen molar-refractivity contribution >= 4 is 10.8 Å². The molecule has 0 unspecified atom stereocenters. The van der Waals surface area contributed by atoms with Crippen LogP contribution in [0.4, 0.5) is 0 Å². The van der Waals surface area contributed by atoms with Gasteiger partial charge in [-0.25, -0.2) is 0 Å². The first-order valence-electron chi connectivity index (χ1n) is 9.80. The van der Waals surface area contributed by atoms with Crippen LogP contribution in [0.2, 0.25) is 0 Å². The molecule has 3 heteroatoms. The lowest BCUT2D eigenvalue weighted by molar-refractivity contribution is 0.461. The van der Waals surface area contributed by atoms with Crippen LogP contribution in [0.25, 0.3) is 22.0 Å². The zero-order valence-corrected chi connectivity index (χ0v) is 16.2. The third-order valence-electron chi connectivity index (χ3n) is 4.78. The summed E-state index contributed by atoms with van der Waals surface area (Å²) >= 11 is 0. The molecular weight excluding hydrogens is 370 g/mol. The molecule has 0 amide bonds. The van der Waals surface area contributed by atoms with Gasteiger partial charge in [0, 0.05) is 23.2 Å². The summed E-state index contributed by atoms with van der Waals surface area (Å²) in [5.74, 6) is 2.93. The van der Waals surface area contributed by atoms with Crippen molar-refractivity contribution in [3.8, 4) is 34.3 Å². The van der Waals surface area contributed by atoms with Crippen molar-refractivity contribution in [2.45, 2.75) is 0 Å². The molecule has 0 spiro atoms. The predicted octanol–water partition coefficient (Wildman–Crippen LogP) is 7.49. The van der Waals surface area contributed by atoms with Crippen molar-refractivity contribution in [3.05, 3.63) is 115 Å². The Balaban J connectivity index is 1.62. The summed E-state index contributed by atoms with van der Waals surface area (Å²) in [4.78, 5) is 4.66. The highest BCUT2D eigenvalue weighted by molar-refractivity contribution is 5.94. The molecule has 1 heterocycles. The van der Waals surface area contributed by atoms with Gasteiger partial charge in [-0.3, -0.25) is 4.98 Å². The lowest BCUT2D eigenvalue weighted by Gasteiger charge is -2.13. The Labute approximate surface area is 175 Å². The zero-order valence-electron chi connectivity index (χ0n) is 16.2. The van der Waals surface area contributed by atoms with Crippen LogP contribution in [0.1, 0.15) is 0 Å². The first-order valence-corrected chi connectivity index (χ1v) is 9.80. The summed E-state index contributed by atoms with van der Waals surface area (Å²) < 4.78 is 12.2. The van der Waals surface area contributed by atoms with Crippen LogP contribution >= 0.6 is 0 Å². The summed E-state index contributed by atoms with van der Waals surface area (Å²) in [5.41, 5.74) is 1.83. The van der Waals surface area contributed by atoms with Gasteiger partial charge >= 0.3 is 0 Å². The number of para-hydroxylation sites is 2. The molecule has 3 nitrogen and oxygen atoms in total. The second kappa shape index (κ2) is 8.10. The summed E-state index contributed by atoms with van der Waals surface area (Å²) in [6, 6.07) is 35.6. The Morgan fingerprint density at radius 3 is 1.70 bits per heavy atom. The predicted molar refractivity (Wildman–Crippen MR) is 120 cm³/mol. The first kappa shape index (κ1) is 18.0. The number of pyridine rings is 1. The van der Waals surface area contributed by atoms with Gasteiger partial charge in [0.2, 0.25) is 0 Å². The fraction of sp³-hybridized carbons (Fsp3) is 0. The largest absolute Gasteiger partial charge is 0.457 e. The smallest absolute Gasteiger partial charge is 0.131 e. The molecular formula is C27H19NO2. The van der Waals surface area contributed by atoms with Gasteiger partial charge in [-0.1, -0.05) is 60.7 Å². The normalized spacial score (nSPS) is 10.7. The van der Waals surface area contributed by atoms with Crippen LogP contribution in [0, 0.1) is 0 Å². The van der Waals surface area contributed by atoms with Gasteiger partial charge in [0.25, 0.3) is 0 Å². The van der Waals surface area contributed by atoms with Gasteiger partial charge in [-0.2, -0.15) is 0 Å². The summed E-state index contributed by atoms with van der Waals surface area (Å²) in [5, 5.41) is 2.23. The number of hydrogen-bond acceptors (Lipinski definition) is 3. The Kier molecular flexibility index (Phi) is 4.84. The Hall–Kier alpha value is -4.11. The quantitative estimate of drug-likeness (QED) is 0.312. The van der Waals surface area contributed by atoms with E-state index in [1.165, 1.54) is 0 Å². The molecule has 1 aromatic heterocycles. The molecule has 5 rings (SSSR count). The number of fused-ring (bicyclic) bond motifs is 1. The summed E-state index contributed by atoms with van der Waals surface area (Å²) in [6.45, 7) is 0. The molecule has 0 bridgehead atoms. The van der Waals surface area contributed by atoms with Crippen LogP contribution in [0.3, 0.4) is 0 Å². The van der Waals surface area contributed by atoms with Crippen molar-refractivity contribution in [1.82, 2.24) is 4.98 Å². The van der Waals surface area contributed by atoms with Crippen LogP contribution in [0.15, 0.2) is 115 Å². The van der Waals surface area contributed by atoms with E-state index >= 15 is 0 Å². The van der Waals surface area contributed by atoms with E-state index < -0.39 is 0 Å². The number of ether oxygens (including phenoxy) is 2. The third-order valence-corrected chi connectivity index (χ3v) is 4.78. The minimum atomic E-state index is 0.694. The van der Waals surface area contributed by atoms with E-state index in [2.05, 4.69) is 17.1 Å². The standard InChI is InChI=1S/C27H19NO2/c1-3-10-22(11-4-1)29-24-17-21(18-25(19-24)30-23-12-5-2-6-13-23)27-26-14-8-7-9-20(26)15-16-28-27/h1-19H. The molecule has 0 saturated carbocycles. The molecule has 30 heavy (non-hydrogen) atoms. The van der Waals surface area contributed by atoms with E-state index in [1.807, 2.05) is 103 Å². The SMILES string of the molecule is c1ccc(Oc2cc(Oc3ccccc3)cc(-c3nccc4ccccc34)c2)cc1. The molecule has 0 N–H and O–H groups in total. The van der Waals surface area contributed by atoms with Crippen LogP contribution < -0.4 is 9.47 Å². The van der Waals surface area contributed by atoms with E-state index in [0.29, 0.717) is 11.5 Å². The van der Waals surface area contributed by atoms with Gasteiger partial charge in [0.05, 0.1) is 5.69 Å². The number of rotatable bonds is 5. The van der Waals surface area contributed by atoms with E-state index in [1.54, 1.807) is 0 Å². The highest BCUT2D eigenvalue weighted by atomic mass is 16.5.